The molecule has 19 heavy (non-hydrogen) atoms. The van der Waals surface area contributed by atoms with E-state index in [1.165, 1.54) is 0 Å². The van der Waals surface area contributed by atoms with Gasteiger partial charge in [0.15, 0.2) is 0 Å². The Kier molecular flexibility index (Phi) is 6.28. The lowest BCUT2D eigenvalue weighted by atomic mass is 10.1. The second kappa shape index (κ2) is 7.48. The summed E-state index contributed by atoms with van der Waals surface area (Å²) in [6, 6.07) is 5.29. The second-order valence-electron chi connectivity index (χ2n) is 4.92. The predicted octanol–water partition coefficient (Wildman–Crippen LogP) is 2.19. The van der Waals surface area contributed by atoms with E-state index in [0.717, 1.165) is 5.56 Å². The predicted molar refractivity (Wildman–Crippen MR) is 78.5 cm³/mol. The number of aliphatic hydroxyl groups excluding tert-OH is 1. The molecule has 1 amide bonds. The van der Waals surface area contributed by atoms with Gasteiger partial charge in [0.2, 0.25) is 5.91 Å². The van der Waals surface area contributed by atoms with E-state index < -0.39 is 0 Å². The molecule has 0 radical (unpaired) electrons. The number of benzene rings is 1. The highest BCUT2D eigenvalue weighted by Gasteiger charge is 2.13. The average Bonchev–Trinajstić information content (AvgIpc) is 2.34. The van der Waals surface area contributed by atoms with Crippen LogP contribution >= 0.6 is 11.6 Å². The minimum Gasteiger partial charge on any atom is -0.395 e. The molecule has 0 heterocycles. The molecule has 3 N–H and O–H groups in total. The van der Waals surface area contributed by atoms with Crippen molar-refractivity contribution in [2.75, 3.05) is 18.5 Å². The van der Waals surface area contributed by atoms with Gasteiger partial charge in [-0.05, 0) is 30.5 Å². The SMILES string of the molecule is Cc1ccc(Cl)cc1NC(=O)CN[C@H](CO)C(C)C. The zero-order valence-electron chi connectivity index (χ0n) is 11.5. The Balaban J connectivity index is 2.53. The summed E-state index contributed by atoms with van der Waals surface area (Å²) in [5.74, 6) is 0.121. The van der Waals surface area contributed by atoms with Gasteiger partial charge >= 0.3 is 0 Å². The first kappa shape index (κ1) is 16.0. The number of amides is 1. The van der Waals surface area contributed by atoms with E-state index in [-0.39, 0.29) is 31.0 Å². The fourth-order valence-electron chi connectivity index (χ4n) is 1.66. The first-order valence-corrected chi connectivity index (χ1v) is 6.72. The maximum Gasteiger partial charge on any atom is 0.238 e. The largest absolute Gasteiger partial charge is 0.395 e. The molecular formula is C14H21ClN2O2. The summed E-state index contributed by atoms with van der Waals surface area (Å²) < 4.78 is 0. The zero-order valence-corrected chi connectivity index (χ0v) is 12.3. The highest BCUT2D eigenvalue weighted by Crippen LogP contribution is 2.19. The summed E-state index contributed by atoms with van der Waals surface area (Å²) in [4.78, 5) is 11.8. The topological polar surface area (TPSA) is 61.4 Å². The van der Waals surface area contributed by atoms with Gasteiger partial charge < -0.3 is 15.7 Å². The standard InChI is InChI=1S/C14H21ClN2O2/c1-9(2)13(8-18)16-7-14(19)17-12-6-11(15)5-4-10(12)3/h4-6,9,13,16,18H,7-8H2,1-3H3,(H,17,19)/t13-/m1/s1. The van der Waals surface area contributed by atoms with Crippen LogP contribution in [0.25, 0.3) is 0 Å². The Morgan fingerprint density at radius 1 is 1.42 bits per heavy atom. The number of nitrogens with one attached hydrogen (secondary N) is 2. The van der Waals surface area contributed by atoms with Crippen LogP contribution in [0.1, 0.15) is 19.4 Å². The van der Waals surface area contributed by atoms with E-state index in [9.17, 15) is 4.79 Å². The highest BCUT2D eigenvalue weighted by atomic mass is 35.5. The number of halogens is 1. The minimum atomic E-state index is -0.149. The first-order valence-electron chi connectivity index (χ1n) is 6.34. The number of hydrogen-bond donors (Lipinski definition) is 3. The number of aliphatic hydroxyl groups is 1. The molecule has 0 fully saturated rings. The van der Waals surface area contributed by atoms with Gasteiger partial charge in [0.05, 0.1) is 13.2 Å². The summed E-state index contributed by atoms with van der Waals surface area (Å²) in [6.45, 7) is 6.07. The fourth-order valence-corrected chi connectivity index (χ4v) is 1.83. The monoisotopic (exact) mass is 284 g/mol. The van der Waals surface area contributed by atoms with Crippen LogP contribution in [0.2, 0.25) is 5.02 Å². The molecule has 0 spiro atoms. The van der Waals surface area contributed by atoms with Crippen LogP contribution in [-0.4, -0.2) is 30.2 Å². The molecule has 0 saturated carbocycles. The van der Waals surface area contributed by atoms with Crippen LogP contribution in [-0.2, 0) is 4.79 Å². The van der Waals surface area contributed by atoms with Crippen molar-refractivity contribution < 1.29 is 9.90 Å². The Morgan fingerprint density at radius 3 is 2.68 bits per heavy atom. The van der Waals surface area contributed by atoms with E-state index in [1.807, 2.05) is 26.8 Å². The van der Waals surface area contributed by atoms with Gasteiger partial charge in [-0.3, -0.25) is 4.79 Å². The molecule has 0 aromatic heterocycles. The number of hydrogen-bond acceptors (Lipinski definition) is 3. The van der Waals surface area contributed by atoms with Crippen molar-refractivity contribution in [2.45, 2.75) is 26.8 Å². The average molecular weight is 285 g/mol. The molecule has 0 aliphatic carbocycles. The van der Waals surface area contributed by atoms with Crippen LogP contribution < -0.4 is 10.6 Å². The van der Waals surface area contributed by atoms with Gasteiger partial charge in [-0.1, -0.05) is 31.5 Å². The van der Waals surface area contributed by atoms with Crippen molar-refractivity contribution in [1.29, 1.82) is 0 Å². The zero-order chi connectivity index (χ0) is 14.4. The maximum atomic E-state index is 11.8. The highest BCUT2D eigenvalue weighted by molar-refractivity contribution is 6.31. The lowest BCUT2D eigenvalue weighted by molar-refractivity contribution is -0.115. The first-order chi connectivity index (χ1) is 8.93. The molecule has 0 bridgehead atoms. The second-order valence-corrected chi connectivity index (χ2v) is 5.36. The number of aryl methyl sites for hydroxylation is 1. The van der Waals surface area contributed by atoms with Gasteiger partial charge in [0, 0.05) is 16.8 Å². The molecule has 1 aromatic carbocycles. The van der Waals surface area contributed by atoms with Crippen molar-refractivity contribution in [3.8, 4) is 0 Å². The van der Waals surface area contributed by atoms with Crippen LogP contribution in [0.3, 0.4) is 0 Å². The van der Waals surface area contributed by atoms with E-state index in [0.29, 0.717) is 10.7 Å². The van der Waals surface area contributed by atoms with Crippen molar-refractivity contribution in [1.82, 2.24) is 5.32 Å². The normalized spacial score (nSPS) is 12.5. The third-order valence-corrected chi connectivity index (χ3v) is 3.24. The third-order valence-electron chi connectivity index (χ3n) is 3.00. The molecule has 0 unspecified atom stereocenters. The summed E-state index contributed by atoms with van der Waals surface area (Å²) in [5.41, 5.74) is 1.67. The lowest BCUT2D eigenvalue weighted by Gasteiger charge is -2.19. The van der Waals surface area contributed by atoms with Crippen LogP contribution in [0.4, 0.5) is 5.69 Å². The van der Waals surface area contributed by atoms with Crippen molar-refractivity contribution in [3.05, 3.63) is 28.8 Å². The van der Waals surface area contributed by atoms with Gasteiger partial charge in [-0.25, -0.2) is 0 Å². The Morgan fingerprint density at radius 2 is 2.11 bits per heavy atom. The Bertz CT molecular complexity index is 435. The molecule has 1 rings (SSSR count). The molecule has 0 aliphatic heterocycles. The molecule has 5 heteroatoms. The van der Waals surface area contributed by atoms with Crippen molar-refractivity contribution in [2.24, 2.45) is 5.92 Å². The molecule has 106 valence electrons. The van der Waals surface area contributed by atoms with E-state index in [2.05, 4.69) is 10.6 Å². The Labute approximate surface area is 119 Å². The van der Waals surface area contributed by atoms with Gasteiger partial charge in [0.1, 0.15) is 0 Å². The Hall–Kier alpha value is -1.10. The van der Waals surface area contributed by atoms with Gasteiger partial charge in [-0.2, -0.15) is 0 Å². The van der Waals surface area contributed by atoms with Crippen LogP contribution in [0.5, 0.6) is 0 Å². The number of carbonyl (C=O) groups excluding carboxylic acids is 1. The van der Waals surface area contributed by atoms with Crippen LogP contribution in [0.15, 0.2) is 18.2 Å². The van der Waals surface area contributed by atoms with E-state index >= 15 is 0 Å². The minimum absolute atomic E-state index is 0.0150. The lowest BCUT2D eigenvalue weighted by Crippen LogP contribution is -2.41. The summed E-state index contributed by atoms with van der Waals surface area (Å²) in [5, 5.41) is 15.6. The fraction of sp³-hybridized carbons (Fsp3) is 0.500. The number of carbonyl (C=O) groups is 1. The number of anilines is 1. The van der Waals surface area contributed by atoms with Gasteiger partial charge in [-0.15, -0.1) is 0 Å². The van der Waals surface area contributed by atoms with Crippen molar-refractivity contribution in [3.63, 3.8) is 0 Å². The van der Waals surface area contributed by atoms with E-state index in [4.69, 9.17) is 16.7 Å². The molecule has 0 aliphatic rings. The molecule has 1 atom stereocenters. The third kappa shape index (κ3) is 5.19. The maximum absolute atomic E-state index is 11.8. The molecule has 4 nitrogen and oxygen atoms in total. The number of rotatable bonds is 6. The van der Waals surface area contributed by atoms with Crippen molar-refractivity contribution >= 4 is 23.2 Å². The summed E-state index contributed by atoms with van der Waals surface area (Å²) in [7, 11) is 0. The quantitative estimate of drug-likeness (QED) is 0.750. The summed E-state index contributed by atoms with van der Waals surface area (Å²) >= 11 is 5.89. The van der Waals surface area contributed by atoms with E-state index in [1.54, 1.807) is 12.1 Å². The smallest absolute Gasteiger partial charge is 0.238 e. The van der Waals surface area contributed by atoms with Gasteiger partial charge in [0.25, 0.3) is 0 Å². The molecule has 0 saturated heterocycles. The van der Waals surface area contributed by atoms with Crippen LogP contribution in [0, 0.1) is 12.8 Å². The summed E-state index contributed by atoms with van der Waals surface area (Å²) in [6.07, 6.45) is 0. The molecular weight excluding hydrogens is 264 g/mol. The molecule has 1 aromatic rings.